The zero-order valence-electron chi connectivity index (χ0n) is 19.2. The largest absolute Gasteiger partial charge is 0.495 e. The Morgan fingerprint density at radius 1 is 1.11 bits per heavy atom. The third kappa shape index (κ3) is 4.78. The van der Waals surface area contributed by atoms with E-state index in [1.165, 1.54) is 0 Å². The van der Waals surface area contributed by atoms with Crippen LogP contribution in [-0.2, 0) is 13.7 Å². The summed E-state index contributed by atoms with van der Waals surface area (Å²) < 4.78 is 18.6. The van der Waals surface area contributed by atoms with E-state index in [9.17, 15) is 0 Å². The molecule has 0 saturated carbocycles. The van der Waals surface area contributed by atoms with Gasteiger partial charge in [-0.1, -0.05) is 38.4 Å². The Hall–Kier alpha value is -0.528. The summed E-state index contributed by atoms with van der Waals surface area (Å²) in [5.41, 5.74) is 2.14. The van der Waals surface area contributed by atoms with Crippen LogP contribution in [0.2, 0.25) is 23.2 Å². The highest BCUT2D eigenvalue weighted by atomic mass is 35.5. The molecule has 1 heterocycles. The van der Waals surface area contributed by atoms with Crippen LogP contribution in [-0.4, -0.2) is 39.8 Å². The fourth-order valence-corrected chi connectivity index (χ4v) is 4.05. The van der Waals surface area contributed by atoms with Crippen molar-refractivity contribution in [1.82, 2.24) is 0 Å². The summed E-state index contributed by atoms with van der Waals surface area (Å²) in [4.78, 5) is 0. The second kappa shape index (κ2) is 7.95. The van der Waals surface area contributed by atoms with Crippen molar-refractivity contribution in [1.29, 1.82) is 0 Å². The molecule has 2 rings (SSSR count). The fourth-order valence-electron chi connectivity index (χ4n) is 2.77. The maximum absolute atomic E-state index is 6.65. The summed E-state index contributed by atoms with van der Waals surface area (Å²) >= 11 is 6.65. The van der Waals surface area contributed by atoms with E-state index in [0.717, 1.165) is 23.3 Å². The van der Waals surface area contributed by atoms with Gasteiger partial charge in [0.15, 0.2) is 8.32 Å². The van der Waals surface area contributed by atoms with E-state index in [0.29, 0.717) is 11.6 Å². The first kappa shape index (κ1) is 23.7. The molecule has 0 radical (unpaired) electrons. The van der Waals surface area contributed by atoms with Crippen LogP contribution in [0.4, 0.5) is 5.69 Å². The molecule has 1 aliphatic heterocycles. The molecule has 158 valence electrons. The molecule has 1 aliphatic rings. The van der Waals surface area contributed by atoms with Crippen LogP contribution in [0.1, 0.15) is 54.0 Å². The molecule has 0 aliphatic carbocycles. The summed E-state index contributed by atoms with van der Waals surface area (Å²) in [5, 5.41) is 4.33. The van der Waals surface area contributed by atoms with Crippen LogP contribution in [0, 0.1) is 6.92 Å². The minimum atomic E-state index is -1.73. The minimum Gasteiger partial charge on any atom is -0.415 e. The zero-order chi connectivity index (χ0) is 21.5. The molecule has 1 aromatic carbocycles. The average molecular weight is 426 g/mol. The second-order valence-electron chi connectivity index (χ2n) is 10.3. The first-order valence-corrected chi connectivity index (χ1v) is 13.4. The maximum Gasteiger partial charge on any atom is 0.495 e. The van der Waals surface area contributed by atoms with E-state index in [-0.39, 0.29) is 16.2 Å². The molecule has 28 heavy (non-hydrogen) atoms. The quantitative estimate of drug-likeness (QED) is 0.490. The Kier molecular flexibility index (Phi) is 6.75. The lowest BCUT2D eigenvalue weighted by atomic mass is 9.76. The normalized spacial score (nSPS) is 19.2. The van der Waals surface area contributed by atoms with Gasteiger partial charge in [0.25, 0.3) is 0 Å². The van der Waals surface area contributed by atoms with Crippen LogP contribution in [0.5, 0.6) is 0 Å². The van der Waals surface area contributed by atoms with E-state index in [1.807, 2.05) is 19.1 Å². The van der Waals surface area contributed by atoms with E-state index in [1.54, 1.807) is 0 Å². The van der Waals surface area contributed by atoms with Crippen LogP contribution in [0.25, 0.3) is 0 Å². The van der Waals surface area contributed by atoms with E-state index >= 15 is 0 Å². The van der Waals surface area contributed by atoms with Crippen LogP contribution in [0.15, 0.2) is 12.1 Å². The van der Waals surface area contributed by atoms with Crippen molar-refractivity contribution in [3.63, 3.8) is 0 Å². The van der Waals surface area contributed by atoms with Gasteiger partial charge in [-0.15, -0.1) is 0 Å². The Morgan fingerprint density at radius 2 is 1.64 bits per heavy atom. The van der Waals surface area contributed by atoms with Gasteiger partial charge in [0.1, 0.15) is 0 Å². The zero-order valence-corrected chi connectivity index (χ0v) is 21.0. The summed E-state index contributed by atoms with van der Waals surface area (Å²) in [6, 6.07) is 4.04. The van der Waals surface area contributed by atoms with Crippen molar-refractivity contribution in [3.8, 4) is 0 Å². The van der Waals surface area contributed by atoms with Crippen molar-refractivity contribution in [2.75, 3.05) is 18.5 Å². The van der Waals surface area contributed by atoms with Gasteiger partial charge < -0.3 is 19.1 Å². The molecule has 4 nitrogen and oxygen atoms in total. The molecular formula is C21H37BClNO3Si. The molecule has 1 aromatic rings. The van der Waals surface area contributed by atoms with Crippen molar-refractivity contribution >= 4 is 38.2 Å². The number of rotatable bonds is 6. The lowest BCUT2D eigenvalue weighted by molar-refractivity contribution is 0.00578. The van der Waals surface area contributed by atoms with E-state index in [2.05, 4.69) is 66.9 Å². The molecule has 0 atom stereocenters. The fraction of sp³-hybridized carbons (Fsp3) is 0.714. The Labute approximate surface area is 177 Å². The molecule has 0 amide bonds. The Bertz CT molecular complexity index is 700. The lowest BCUT2D eigenvalue weighted by Gasteiger charge is -2.36. The molecule has 0 unspecified atom stereocenters. The SMILES string of the molecule is Cc1c(B2OC(C)(C)C(C)(C)O2)ccc(NCCO[Si](C)(C)C(C)(C)C)c1Cl. The molecule has 0 spiro atoms. The molecular weight excluding hydrogens is 389 g/mol. The highest BCUT2D eigenvalue weighted by molar-refractivity contribution is 6.74. The lowest BCUT2D eigenvalue weighted by Crippen LogP contribution is -2.41. The highest BCUT2D eigenvalue weighted by Gasteiger charge is 2.52. The van der Waals surface area contributed by atoms with Gasteiger partial charge in [0.05, 0.1) is 28.5 Å². The summed E-state index contributed by atoms with van der Waals surface area (Å²) in [7, 11) is -2.13. The molecule has 1 fully saturated rings. The van der Waals surface area contributed by atoms with Crippen molar-refractivity contribution in [2.24, 2.45) is 0 Å². The number of nitrogens with one attached hydrogen (secondary N) is 1. The van der Waals surface area contributed by atoms with Crippen molar-refractivity contribution < 1.29 is 13.7 Å². The van der Waals surface area contributed by atoms with Gasteiger partial charge in [-0.25, -0.2) is 0 Å². The molecule has 1 N–H and O–H groups in total. The number of halogens is 1. The number of hydrogen-bond donors (Lipinski definition) is 1. The summed E-state index contributed by atoms with van der Waals surface area (Å²) in [5.74, 6) is 0. The Morgan fingerprint density at radius 3 is 2.14 bits per heavy atom. The van der Waals surface area contributed by atoms with E-state index in [4.69, 9.17) is 25.3 Å². The minimum absolute atomic E-state index is 0.214. The van der Waals surface area contributed by atoms with Gasteiger partial charge in [0, 0.05) is 6.54 Å². The standard InChI is InChI=1S/C21H37BClNO3Si/c1-15-16(22-26-20(5,6)21(7,8)27-22)11-12-17(18(15)23)24-13-14-25-28(9,10)19(2,3)4/h11-12,24H,13-14H2,1-10H3. The van der Waals surface area contributed by atoms with Crippen molar-refractivity contribution in [3.05, 3.63) is 22.7 Å². The predicted molar refractivity (Wildman–Crippen MR) is 124 cm³/mol. The summed E-state index contributed by atoms with van der Waals surface area (Å²) in [6.45, 7) is 22.9. The smallest absolute Gasteiger partial charge is 0.415 e. The van der Waals surface area contributed by atoms with Gasteiger partial charge in [-0.3, -0.25) is 0 Å². The van der Waals surface area contributed by atoms with Crippen LogP contribution < -0.4 is 10.8 Å². The van der Waals surface area contributed by atoms with Gasteiger partial charge in [-0.05, 0) is 69.8 Å². The van der Waals surface area contributed by atoms with Gasteiger partial charge in [0.2, 0.25) is 0 Å². The first-order chi connectivity index (χ1) is 12.6. The molecule has 7 heteroatoms. The molecule has 0 aromatic heterocycles. The number of hydrogen-bond acceptors (Lipinski definition) is 4. The average Bonchev–Trinajstić information content (AvgIpc) is 2.74. The van der Waals surface area contributed by atoms with Crippen LogP contribution in [0.3, 0.4) is 0 Å². The number of benzene rings is 1. The molecule has 0 bridgehead atoms. The van der Waals surface area contributed by atoms with Crippen LogP contribution >= 0.6 is 11.6 Å². The monoisotopic (exact) mass is 425 g/mol. The third-order valence-electron chi connectivity index (χ3n) is 6.62. The topological polar surface area (TPSA) is 39.7 Å². The van der Waals surface area contributed by atoms with Gasteiger partial charge >= 0.3 is 7.12 Å². The molecule has 1 saturated heterocycles. The van der Waals surface area contributed by atoms with Crippen molar-refractivity contribution in [2.45, 2.75) is 84.7 Å². The highest BCUT2D eigenvalue weighted by Crippen LogP contribution is 2.38. The summed E-state index contributed by atoms with van der Waals surface area (Å²) in [6.07, 6.45) is 0. The van der Waals surface area contributed by atoms with Gasteiger partial charge in [-0.2, -0.15) is 0 Å². The maximum atomic E-state index is 6.65. The van der Waals surface area contributed by atoms with E-state index < -0.39 is 15.4 Å². The predicted octanol–water partition coefficient (Wildman–Crippen LogP) is 5.38. The first-order valence-electron chi connectivity index (χ1n) is 10.1. The third-order valence-corrected chi connectivity index (χ3v) is 11.6. The Balaban J connectivity index is 2.03. The second-order valence-corrected chi connectivity index (χ2v) is 15.5. The number of anilines is 1.